The molecule has 7 heteroatoms. The maximum Gasteiger partial charge on any atom is 0.244 e. The topological polar surface area (TPSA) is 76.1 Å². The lowest BCUT2D eigenvalue weighted by Crippen LogP contribution is -2.27. The second-order valence-electron chi connectivity index (χ2n) is 4.27. The van der Waals surface area contributed by atoms with Gasteiger partial charge in [0.2, 0.25) is 5.91 Å². The molecule has 0 saturated heterocycles. The zero-order valence-corrected chi connectivity index (χ0v) is 12.5. The molecular formula is C13H14N2O3S2. The Bertz CT molecular complexity index is 715. The lowest BCUT2D eigenvalue weighted by Gasteiger charge is -1.99. The summed E-state index contributed by atoms with van der Waals surface area (Å²) in [5.74, 6) is -0.388. The first-order valence-electron chi connectivity index (χ1n) is 5.93. The van der Waals surface area contributed by atoms with Gasteiger partial charge in [0, 0.05) is 18.9 Å². The summed E-state index contributed by atoms with van der Waals surface area (Å²) in [5.41, 5.74) is 0.898. The van der Waals surface area contributed by atoms with E-state index in [4.69, 9.17) is 0 Å². The minimum absolute atomic E-state index is 0.0618. The first-order valence-corrected chi connectivity index (χ1v) is 8.81. The van der Waals surface area contributed by atoms with Crippen LogP contribution in [0.15, 0.2) is 30.3 Å². The molecule has 0 radical (unpaired) electrons. The molecule has 1 N–H and O–H groups in total. The van der Waals surface area contributed by atoms with E-state index in [1.807, 2.05) is 24.3 Å². The molecule has 20 heavy (non-hydrogen) atoms. The number of benzene rings is 1. The van der Waals surface area contributed by atoms with Crippen molar-refractivity contribution in [1.82, 2.24) is 10.3 Å². The second kappa shape index (κ2) is 6.15. The molecule has 0 atom stereocenters. The smallest absolute Gasteiger partial charge is 0.244 e. The standard InChI is InChI=1S/C13H14N2O3S2/c1-20(17,18)9-8-14-12(16)6-7-13-15-10-4-2-3-5-11(10)19-13/h2-7H,8-9H2,1H3,(H,14,16). The van der Waals surface area contributed by atoms with E-state index in [0.29, 0.717) is 0 Å². The SMILES string of the molecule is CS(=O)(=O)CCNC(=O)C=Cc1nc2ccccc2s1. The van der Waals surface area contributed by atoms with Crippen molar-refractivity contribution < 1.29 is 13.2 Å². The van der Waals surface area contributed by atoms with Crippen LogP contribution in [0.3, 0.4) is 0 Å². The van der Waals surface area contributed by atoms with Crippen LogP contribution in [-0.2, 0) is 14.6 Å². The molecule has 1 aromatic carbocycles. The summed E-state index contributed by atoms with van der Waals surface area (Å²) in [4.78, 5) is 15.9. The second-order valence-corrected chi connectivity index (χ2v) is 7.60. The van der Waals surface area contributed by atoms with Gasteiger partial charge in [-0.1, -0.05) is 12.1 Å². The van der Waals surface area contributed by atoms with Crippen LogP contribution in [0.4, 0.5) is 0 Å². The zero-order valence-electron chi connectivity index (χ0n) is 10.9. The minimum Gasteiger partial charge on any atom is -0.352 e. The van der Waals surface area contributed by atoms with Gasteiger partial charge in [0.15, 0.2) is 0 Å². The molecule has 5 nitrogen and oxygen atoms in total. The largest absolute Gasteiger partial charge is 0.352 e. The Labute approximate surface area is 121 Å². The van der Waals surface area contributed by atoms with Crippen LogP contribution in [0.1, 0.15) is 5.01 Å². The van der Waals surface area contributed by atoms with Crippen molar-refractivity contribution >= 4 is 43.4 Å². The van der Waals surface area contributed by atoms with Crippen LogP contribution in [0.5, 0.6) is 0 Å². The number of thiazole rings is 1. The summed E-state index contributed by atoms with van der Waals surface area (Å²) >= 11 is 1.49. The van der Waals surface area contributed by atoms with Crippen LogP contribution in [0, 0.1) is 0 Å². The molecule has 0 bridgehead atoms. The van der Waals surface area contributed by atoms with E-state index in [1.54, 1.807) is 6.08 Å². The molecule has 1 heterocycles. The van der Waals surface area contributed by atoms with Gasteiger partial charge in [0.25, 0.3) is 0 Å². The number of para-hydroxylation sites is 1. The third kappa shape index (κ3) is 4.43. The van der Waals surface area contributed by atoms with E-state index >= 15 is 0 Å². The molecule has 0 spiro atoms. The predicted molar refractivity (Wildman–Crippen MR) is 81.4 cm³/mol. The lowest BCUT2D eigenvalue weighted by atomic mass is 10.3. The van der Waals surface area contributed by atoms with Crippen LogP contribution in [0.2, 0.25) is 0 Å². The Kier molecular flexibility index (Phi) is 4.51. The Balaban J connectivity index is 1.93. The number of aromatic nitrogens is 1. The number of carbonyl (C=O) groups excluding carboxylic acids is 1. The van der Waals surface area contributed by atoms with Gasteiger partial charge in [0.1, 0.15) is 14.8 Å². The highest BCUT2D eigenvalue weighted by atomic mass is 32.2. The van der Waals surface area contributed by atoms with Crippen molar-refractivity contribution in [3.8, 4) is 0 Å². The van der Waals surface area contributed by atoms with Crippen LogP contribution in [-0.4, -0.2) is 37.9 Å². The van der Waals surface area contributed by atoms with Crippen molar-refractivity contribution in [3.63, 3.8) is 0 Å². The number of amides is 1. The van der Waals surface area contributed by atoms with E-state index in [1.165, 1.54) is 17.4 Å². The van der Waals surface area contributed by atoms with Gasteiger partial charge < -0.3 is 5.32 Å². The number of nitrogens with zero attached hydrogens (tertiary/aromatic N) is 1. The normalized spacial score (nSPS) is 12.1. The van der Waals surface area contributed by atoms with Crippen molar-refractivity contribution in [2.45, 2.75) is 0 Å². The number of fused-ring (bicyclic) bond motifs is 1. The van der Waals surface area contributed by atoms with E-state index in [2.05, 4.69) is 10.3 Å². The minimum atomic E-state index is -3.05. The predicted octanol–water partition coefficient (Wildman–Crippen LogP) is 1.47. The fraction of sp³-hybridized carbons (Fsp3) is 0.231. The number of sulfone groups is 1. The fourth-order valence-corrected chi connectivity index (χ4v) is 2.87. The first kappa shape index (κ1) is 14.7. The molecule has 106 valence electrons. The molecule has 1 aromatic heterocycles. The first-order chi connectivity index (χ1) is 9.44. The Morgan fingerprint density at radius 1 is 1.40 bits per heavy atom. The maximum atomic E-state index is 11.5. The monoisotopic (exact) mass is 310 g/mol. The van der Waals surface area contributed by atoms with Crippen molar-refractivity contribution in [1.29, 1.82) is 0 Å². The van der Waals surface area contributed by atoms with Gasteiger partial charge in [0.05, 0.1) is 16.0 Å². The molecule has 0 unspecified atom stereocenters. The van der Waals surface area contributed by atoms with Gasteiger partial charge in [-0.25, -0.2) is 13.4 Å². The van der Waals surface area contributed by atoms with Crippen molar-refractivity contribution in [2.24, 2.45) is 0 Å². The highest BCUT2D eigenvalue weighted by Crippen LogP contribution is 2.22. The summed E-state index contributed by atoms with van der Waals surface area (Å²) in [7, 11) is -3.05. The quantitative estimate of drug-likeness (QED) is 0.849. The third-order valence-electron chi connectivity index (χ3n) is 2.46. The van der Waals surface area contributed by atoms with Gasteiger partial charge in [-0.2, -0.15) is 0 Å². The zero-order chi connectivity index (χ0) is 14.6. The van der Waals surface area contributed by atoms with Gasteiger partial charge in [-0.3, -0.25) is 4.79 Å². The molecule has 0 aliphatic rings. The average molecular weight is 310 g/mol. The van der Waals surface area contributed by atoms with Crippen molar-refractivity contribution in [2.75, 3.05) is 18.6 Å². The molecule has 0 aliphatic carbocycles. The van der Waals surface area contributed by atoms with E-state index in [0.717, 1.165) is 21.5 Å². The molecule has 2 rings (SSSR count). The maximum absolute atomic E-state index is 11.5. The number of rotatable bonds is 5. The highest BCUT2D eigenvalue weighted by Gasteiger charge is 2.03. The summed E-state index contributed by atoms with van der Waals surface area (Å²) in [6, 6.07) is 7.73. The van der Waals surface area contributed by atoms with Crippen LogP contribution < -0.4 is 5.32 Å². The summed E-state index contributed by atoms with van der Waals surface area (Å²) < 4.78 is 22.9. The summed E-state index contributed by atoms with van der Waals surface area (Å²) in [5, 5.41) is 3.26. The van der Waals surface area contributed by atoms with E-state index < -0.39 is 9.84 Å². The Morgan fingerprint density at radius 3 is 2.85 bits per heavy atom. The van der Waals surface area contributed by atoms with E-state index in [-0.39, 0.29) is 18.2 Å². The fourth-order valence-electron chi connectivity index (χ4n) is 1.53. The van der Waals surface area contributed by atoms with Crippen LogP contribution in [0.25, 0.3) is 16.3 Å². The van der Waals surface area contributed by atoms with E-state index in [9.17, 15) is 13.2 Å². The Morgan fingerprint density at radius 2 is 2.15 bits per heavy atom. The van der Waals surface area contributed by atoms with Crippen LogP contribution >= 0.6 is 11.3 Å². The number of hydrogen-bond acceptors (Lipinski definition) is 5. The molecule has 2 aromatic rings. The highest BCUT2D eigenvalue weighted by molar-refractivity contribution is 7.90. The third-order valence-corrected chi connectivity index (χ3v) is 4.41. The van der Waals surface area contributed by atoms with Gasteiger partial charge >= 0.3 is 0 Å². The summed E-state index contributed by atoms with van der Waals surface area (Å²) in [6.07, 6.45) is 4.12. The number of carbonyl (C=O) groups is 1. The van der Waals surface area contributed by atoms with Gasteiger partial charge in [-0.05, 0) is 18.2 Å². The molecular weight excluding hydrogens is 296 g/mol. The lowest BCUT2D eigenvalue weighted by molar-refractivity contribution is -0.116. The molecule has 0 fully saturated rings. The molecule has 0 saturated carbocycles. The molecule has 1 amide bonds. The van der Waals surface area contributed by atoms with Crippen molar-refractivity contribution in [3.05, 3.63) is 35.3 Å². The number of nitrogens with one attached hydrogen (secondary N) is 1. The molecule has 0 aliphatic heterocycles. The van der Waals surface area contributed by atoms with Gasteiger partial charge in [-0.15, -0.1) is 11.3 Å². The average Bonchev–Trinajstić information content (AvgIpc) is 2.77. The number of hydrogen-bond donors (Lipinski definition) is 1. The summed E-state index contributed by atoms with van der Waals surface area (Å²) in [6.45, 7) is 0.113. The Hall–Kier alpha value is -1.73.